The van der Waals surface area contributed by atoms with Crippen LogP contribution in [0.4, 0.5) is 0 Å². The first-order valence-corrected chi connectivity index (χ1v) is 5.46. The molecule has 0 aromatic heterocycles. The summed E-state index contributed by atoms with van der Waals surface area (Å²) in [5.74, 6) is -0.157. The lowest BCUT2D eigenvalue weighted by Gasteiger charge is -2.17. The van der Waals surface area contributed by atoms with Crippen LogP contribution < -0.4 is 4.74 Å². The summed E-state index contributed by atoms with van der Waals surface area (Å²) in [4.78, 5) is 13.6. The second-order valence-electron chi connectivity index (χ2n) is 4.05. The van der Waals surface area contributed by atoms with Gasteiger partial charge in [0.05, 0.1) is 18.8 Å². The molecule has 0 aliphatic carbocycles. The minimum absolute atomic E-state index is 0.151. The summed E-state index contributed by atoms with van der Waals surface area (Å²) in [7, 11) is 1.43. The fraction of sp³-hybridized carbons (Fsp3) is 0.417. The molecule has 0 spiro atoms. The Bertz CT molecular complexity index is 433. The van der Waals surface area contributed by atoms with Crippen molar-refractivity contribution in [2.24, 2.45) is 0 Å². The van der Waals surface area contributed by atoms with Gasteiger partial charge in [-0.15, -0.1) is 0 Å². The maximum atomic E-state index is 12.1. The summed E-state index contributed by atoms with van der Waals surface area (Å²) in [6.07, 6.45) is 0.114. The third-order valence-electron chi connectivity index (χ3n) is 2.90. The molecule has 92 valence electrons. The summed E-state index contributed by atoms with van der Waals surface area (Å²) in [6, 6.07) is 4.79. The number of phenolic OH excluding ortho intramolecular Hbond substituents is 1. The van der Waals surface area contributed by atoms with Crippen LogP contribution in [0, 0.1) is 0 Å². The normalized spacial score (nSPS) is 19.4. The van der Waals surface area contributed by atoms with E-state index in [1.165, 1.54) is 12.0 Å². The molecule has 2 N–H and O–H groups in total. The van der Waals surface area contributed by atoms with Crippen molar-refractivity contribution in [3.63, 3.8) is 0 Å². The van der Waals surface area contributed by atoms with Crippen LogP contribution in [0.1, 0.15) is 16.8 Å². The molecule has 0 saturated carbocycles. The van der Waals surface area contributed by atoms with Crippen molar-refractivity contribution in [2.75, 3.05) is 20.2 Å². The van der Waals surface area contributed by atoms with Crippen LogP contribution in [0.5, 0.6) is 11.5 Å². The Kier molecular flexibility index (Phi) is 3.19. The number of ether oxygens (including phenoxy) is 1. The number of para-hydroxylation sites is 1. The summed E-state index contributed by atoms with van der Waals surface area (Å²) in [5, 5.41) is 19.2. The maximum Gasteiger partial charge on any atom is 0.257 e. The third kappa shape index (κ3) is 2.19. The van der Waals surface area contributed by atoms with Crippen LogP contribution in [0.3, 0.4) is 0 Å². The average molecular weight is 237 g/mol. The number of likely N-dealkylation sites (tertiary alicyclic amines) is 1. The molecule has 5 heteroatoms. The van der Waals surface area contributed by atoms with Gasteiger partial charge in [-0.1, -0.05) is 6.07 Å². The van der Waals surface area contributed by atoms with Gasteiger partial charge < -0.3 is 19.8 Å². The Labute approximate surface area is 99.2 Å². The zero-order chi connectivity index (χ0) is 12.4. The number of carbonyl (C=O) groups is 1. The first-order valence-electron chi connectivity index (χ1n) is 5.46. The Morgan fingerprint density at radius 3 is 2.88 bits per heavy atom. The van der Waals surface area contributed by atoms with Gasteiger partial charge >= 0.3 is 0 Å². The number of rotatable bonds is 2. The van der Waals surface area contributed by atoms with E-state index in [4.69, 9.17) is 4.74 Å². The predicted octanol–water partition coefficient (Wildman–Crippen LogP) is 0.608. The van der Waals surface area contributed by atoms with Crippen LogP contribution in [-0.2, 0) is 0 Å². The highest BCUT2D eigenvalue weighted by Gasteiger charge is 2.27. The van der Waals surface area contributed by atoms with Gasteiger partial charge in [-0.2, -0.15) is 0 Å². The minimum atomic E-state index is -0.466. The number of aromatic hydroxyl groups is 1. The number of nitrogens with zero attached hydrogens (tertiary/aromatic N) is 1. The molecule has 1 aromatic rings. The standard InChI is InChI=1S/C12H15NO4/c1-17-10-4-2-3-9(11(10)15)12(16)13-6-5-8(14)7-13/h2-4,8,14-15H,5-7H2,1H3/t8-/m1/s1. The van der Waals surface area contributed by atoms with Crippen molar-refractivity contribution >= 4 is 5.91 Å². The lowest BCUT2D eigenvalue weighted by atomic mass is 10.1. The second-order valence-corrected chi connectivity index (χ2v) is 4.05. The SMILES string of the molecule is COc1cccc(C(=O)N2CC[C@@H](O)C2)c1O. The molecule has 1 heterocycles. The third-order valence-corrected chi connectivity index (χ3v) is 2.90. The number of hydrogen-bond acceptors (Lipinski definition) is 4. The molecule has 5 nitrogen and oxygen atoms in total. The van der Waals surface area contributed by atoms with E-state index < -0.39 is 6.10 Å². The fourth-order valence-corrected chi connectivity index (χ4v) is 1.96. The first kappa shape index (κ1) is 11.7. The number of methoxy groups -OCH3 is 1. The monoisotopic (exact) mass is 237 g/mol. The predicted molar refractivity (Wildman–Crippen MR) is 61.2 cm³/mol. The van der Waals surface area contributed by atoms with Gasteiger partial charge in [0, 0.05) is 13.1 Å². The lowest BCUT2D eigenvalue weighted by molar-refractivity contribution is 0.0761. The van der Waals surface area contributed by atoms with Crippen LogP contribution >= 0.6 is 0 Å². The molecule has 1 saturated heterocycles. The lowest BCUT2D eigenvalue weighted by Crippen LogP contribution is -2.29. The van der Waals surface area contributed by atoms with Crippen molar-refractivity contribution in [3.05, 3.63) is 23.8 Å². The molecule has 0 unspecified atom stereocenters. The highest BCUT2D eigenvalue weighted by atomic mass is 16.5. The zero-order valence-corrected chi connectivity index (χ0v) is 9.59. The van der Waals surface area contributed by atoms with Crippen LogP contribution in [0.2, 0.25) is 0 Å². The molecule has 1 amide bonds. The molecule has 0 bridgehead atoms. The molecule has 1 fully saturated rings. The molecule has 1 aliphatic heterocycles. The summed E-state index contributed by atoms with van der Waals surface area (Å²) in [6.45, 7) is 0.826. The van der Waals surface area contributed by atoms with Crippen LogP contribution in [-0.4, -0.2) is 47.3 Å². The van der Waals surface area contributed by atoms with Crippen molar-refractivity contribution in [1.82, 2.24) is 4.90 Å². The fourth-order valence-electron chi connectivity index (χ4n) is 1.96. The van der Waals surface area contributed by atoms with Gasteiger partial charge in [-0.25, -0.2) is 0 Å². The summed E-state index contributed by atoms with van der Waals surface area (Å²) in [5.41, 5.74) is 0.207. The summed E-state index contributed by atoms with van der Waals surface area (Å²) < 4.78 is 4.95. The number of aliphatic hydroxyl groups is 1. The first-order chi connectivity index (χ1) is 8.13. The largest absolute Gasteiger partial charge is 0.504 e. The highest BCUT2D eigenvalue weighted by Crippen LogP contribution is 2.30. The van der Waals surface area contributed by atoms with E-state index in [-0.39, 0.29) is 23.0 Å². The van der Waals surface area contributed by atoms with Crippen molar-refractivity contribution in [1.29, 1.82) is 0 Å². The molecule has 2 rings (SSSR count). The number of carbonyl (C=O) groups excluding carboxylic acids is 1. The van der Waals surface area contributed by atoms with Gasteiger partial charge in [0.15, 0.2) is 11.5 Å². The van der Waals surface area contributed by atoms with Crippen molar-refractivity contribution in [2.45, 2.75) is 12.5 Å². The maximum absolute atomic E-state index is 12.1. The van der Waals surface area contributed by atoms with Crippen LogP contribution in [0.15, 0.2) is 18.2 Å². The number of aliphatic hydroxyl groups excluding tert-OH is 1. The number of phenols is 1. The molecular formula is C12H15NO4. The number of β-amino-alcohol motifs (C(OH)–C–C–N with tert-alkyl or cyclic N) is 1. The van der Waals surface area contributed by atoms with E-state index in [9.17, 15) is 15.0 Å². The van der Waals surface area contributed by atoms with E-state index in [1.54, 1.807) is 18.2 Å². The minimum Gasteiger partial charge on any atom is -0.504 e. The topological polar surface area (TPSA) is 70.0 Å². The number of amides is 1. The molecule has 0 radical (unpaired) electrons. The Balaban J connectivity index is 2.25. The van der Waals surface area contributed by atoms with Gasteiger partial charge in [-0.3, -0.25) is 4.79 Å². The zero-order valence-electron chi connectivity index (χ0n) is 9.59. The van der Waals surface area contributed by atoms with Crippen molar-refractivity contribution in [3.8, 4) is 11.5 Å². The van der Waals surface area contributed by atoms with E-state index in [0.717, 1.165) is 0 Å². The Morgan fingerprint density at radius 1 is 1.53 bits per heavy atom. The Morgan fingerprint density at radius 2 is 2.29 bits per heavy atom. The molecule has 1 aromatic carbocycles. The quantitative estimate of drug-likeness (QED) is 0.790. The molecule has 1 aliphatic rings. The molecular weight excluding hydrogens is 222 g/mol. The van der Waals surface area contributed by atoms with Crippen LogP contribution in [0.25, 0.3) is 0 Å². The molecule has 1 atom stereocenters. The van der Waals surface area contributed by atoms with E-state index >= 15 is 0 Å². The summed E-state index contributed by atoms with van der Waals surface area (Å²) >= 11 is 0. The number of benzene rings is 1. The second kappa shape index (κ2) is 4.63. The smallest absolute Gasteiger partial charge is 0.257 e. The van der Waals surface area contributed by atoms with Gasteiger partial charge in [0.1, 0.15) is 0 Å². The number of hydrogen-bond donors (Lipinski definition) is 2. The van der Waals surface area contributed by atoms with Crippen molar-refractivity contribution < 1.29 is 19.7 Å². The van der Waals surface area contributed by atoms with Gasteiger partial charge in [0.25, 0.3) is 5.91 Å². The Hall–Kier alpha value is -1.75. The van der Waals surface area contributed by atoms with Gasteiger partial charge in [0.2, 0.25) is 0 Å². The van der Waals surface area contributed by atoms with E-state index in [1.807, 2.05) is 0 Å². The highest BCUT2D eigenvalue weighted by molar-refractivity contribution is 5.97. The van der Waals surface area contributed by atoms with E-state index in [0.29, 0.717) is 19.5 Å². The van der Waals surface area contributed by atoms with E-state index in [2.05, 4.69) is 0 Å². The molecule has 17 heavy (non-hydrogen) atoms. The average Bonchev–Trinajstić information content (AvgIpc) is 2.75. The van der Waals surface area contributed by atoms with Gasteiger partial charge in [-0.05, 0) is 18.6 Å².